The van der Waals surface area contributed by atoms with Crippen LogP contribution in [0.25, 0.3) is 0 Å². The summed E-state index contributed by atoms with van der Waals surface area (Å²) in [6.45, 7) is 2.29. The molecular formula is C14H19FN2O3. The van der Waals surface area contributed by atoms with Crippen LogP contribution in [-0.2, 0) is 27.4 Å². The summed E-state index contributed by atoms with van der Waals surface area (Å²) in [6.07, 6.45) is -0.602. The number of hydrogen-bond acceptors (Lipinski definition) is 5. The van der Waals surface area contributed by atoms with Crippen LogP contribution in [0.15, 0.2) is 18.2 Å². The van der Waals surface area contributed by atoms with Crippen LogP contribution >= 0.6 is 0 Å². The van der Waals surface area contributed by atoms with Gasteiger partial charge in [-0.3, -0.25) is 4.90 Å². The lowest BCUT2D eigenvalue weighted by Gasteiger charge is -2.31. The number of carbonyl (C=O) groups is 1. The minimum atomic E-state index is -0.602. The van der Waals surface area contributed by atoms with Gasteiger partial charge in [-0.15, -0.1) is 0 Å². The Morgan fingerprint density at radius 2 is 2.40 bits per heavy atom. The number of hydrogen-bond donors (Lipinski definition) is 1. The fraction of sp³-hybridized carbons (Fsp3) is 0.500. The van der Waals surface area contributed by atoms with Crippen molar-refractivity contribution in [2.24, 2.45) is 5.73 Å². The normalized spacial score (nSPS) is 19.9. The number of ether oxygens (including phenoxy) is 2. The first-order valence-electron chi connectivity index (χ1n) is 6.53. The summed E-state index contributed by atoms with van der Waals surface area (Å²) in [6, 6.07) is 4.86. The largest absolute Gasteiger partial charge is 0.467 e. The number of methoxy groups -OCH3 is 1. The summed E-state index contributed by atoms with van der Waals surface area (Å²) in [5.41, 5.74) is 7.03. The van der Waals surface area contributed by atoms with E-state index in [1.807, 2.05) is 4.90 Å². The van der Waals surface area contributed by atoms with E-state index in [4.69, 9.17) is 10.5 Å². The third-order valence-electron chi connectivity index (χ3n) is 3.35. The number of nitrogens with two attached hydrogens (primary N) is 1. The highest BCUT2D eigenvalue weighted by molar-refractivity contribution is 5.74. The number of esters is 1. The molecule has 0 amide bonds. The van der Waals surface area contributed by atoms with Gasteiger partial charge in [-0.05, 0) is 11.6 Å². The summed E-state index contributed by atoms with van der Waals surface area (Å²) < 4.78 is 23.8. The molecule has 1 aromatic rings. The highest BCUT2D eigenvalue weighted by Crippen LogP contribution is 2.16. The molecule has 1 aromatic carbocycles. The average molecular weight is 282 g/mol. The van der Waals surface area contributed by atoms with Crippen molar-refractivity contribution >= 4 is 5.97 Å². The standard InChI is InChI=1S/C14H19FN2O3/c1-19-14(18)13-9-17(4-5-20-13)8-11-6-10(7-16)2-3-12(11)15/h2-3,6,13H,4-5,7-9,16H2,1H3. The first-order chi connectivity index (χ1) is 9.63. The fourth-order valence-corrected chi connectivity index (χ4v) is 2.24. The Balaban J connectivity index is 2.04. The minimum Gasteiger partial charge on any atom is -0.467 e. The molecule has 1 aliphatic heterocycles. The molecule has 0 aromatic heterocycles. The SMILES string of the molecule is COC(=O)C1CN(Cc2cc(CN)ccc2F)CCO1. The van der Waals surface area contributed by atoms with Gasteiger partial charge in [-0.2, -0.15) is 0 Å². The molecule has 1 unspecified atom stereocenters. The predicted octanol–water partition coefficient (Wildman–Crippen LogP) is 0.658. The molecule has 1 fully saturated rings. The highest BCUT2D eigenvalue weighted by Gasteiger charge is 2.27. The molecule has 6 heteroatoms. The van der Waals surface area contributed by atoms with Crippen LogP contribution in [0.3, 0.4) is 0 Å². The second kappa shape index (κ2) is 6.78. The van der Waals surface area contributed by atoms with Crippen LogP contribution < -0.4 is 5.73 Å². The number of morpholine rings is 1. The second-order valence-corrected chi connectivity index (χ2v) is 4.75. The van der Waals surface area contributed by atoms with Gasteiger partial charge in [0.15, 0.2) is 6.10 Å². The molecule has 0 bridgehead atoms. The maximum Gasteiger partial charge on any atom is 0.336 e. The molecule has 2 rings (SSSR count). The average Bonchev–Trinajstić information content (AvgIpc) is 2.49. The smallest absolute Gasteiger partial charge is 0.336 e. The van der Waals surface area contributed by atoms with Crippen molar-refractivity contribution in [3.05, 3.63) is 35.1 Å². The van der Waals surface area contributed by atoms with Crippen LogP contribution in [0.1, 0.15) is 11.1 Å². The highest BCUT2D eigenvalue weighted by atomic mass is 19.1. The zero-order valence-electron chi connectivity index (χ0n) is 11.5. The Labute approximate surface area is 117 Å². The van der Waals surface area contributed by atoms with Gasteiger partial charge >= 0.3 is 5.97 Å². The summed E-state index contributed by atoms with van der Waals surface area (Å²) >= 11 is 0. The molecule has 0 saturated carbocycles. The van der Waals surface area contributed by atoms with Gasteiger partial charge in [0, 0.05) is 31.7 Å². The Hall–Kier alpha value is -1.50. The van der Waals surface area contributed by atoms with E-state index in [-0.39, 0.29) is 5.82 Å². The van der Waals surface area contributed by atoms with E-state index in [2.05, 4.69) is 4.74 Å². The van der Waals surface area contributed by atoms with Gasteiger partial charge in [0.1, 0.15) is 5.82 Å². The maximum atomic E-state index is 13.8. The van der Waals surface area contributed by atoms with Gasteiger partial charge in [0.2, 0.25) is 0 Å². The molecule has 0 radical (unpaired) electrons. The van der Waals surface area contributed by atoms with Crippen LogP contribution in [0.5, 0.6) is 0 Å². The third-order valence-corrected chi connectivity index (χ3v) is 3.35. The number of rotatable bonds is 4. The molecule has 110 valence electrons. The molecule has 2 N–H and O–H groups in total. The molecule has 1 saturated heterocycles. The topological polar surface area (TPSA) is 64.8 Å². The monoisotopic (exact) mass is 282 g/mol. The Kier molecular flexibility index (Phi) is 5.05. The van der Waals surface area contributed by atoms with Crippen molar-refractivity contribution in [3.8, 4) is 0 Å². The Morgan fingerprint density at radius 3 is 3.10 bits per heavy atom. The third kappa shape index (κ3) is 3.53. The lowest BCUT2D eigenvalue weighted by Crippen LogP contribution is -2.46. The van der Waals surface area contributed by atoms with Crippen molar-refractivity contribution in [1.82, 2.24) is 4.90 Å². The van der Waals surface area contributed by atoms with Crippen molar-refractivity contribution in [2.75, 3.05) is 26.8 Å². The van der Waals surface area contributed by atoms with Crippen LogP contribution in [0.4, 0.5) is 4.39 Å². The summed E-state index contributed by atoms with van der Waals surface area (Å²) in [4.78, 5) is 13.4. The van der Waals surface area contributed by atoms with E-state index >= 15 is 0 Å². The van der Waals surface area contributed by atoms with Gasteiger partial charge in [0.25, 0.3) is 0 Å². The van der Waals surface area contributed by atoms with Gasteiger partial charge in [0.05, 0.1) is 13.7 Å². The van der Waals surface area contributed by atoms with Crippen LogP contribution in [-0.4, -0.2) is 43.8 Å². The lowest BCUT2D eigenvalue weighted by atomic mass is 10.1. The molecular weight excluding hydrogens is 263 g/mol. The molecule has 0 spiro atoms. The van der Waals surface area contributed by atoms with Crippen LogP contribution in [0.2, 0.25) is 0 Å². The van der Waals surface area contributed by atoms with Crippen molar-refractivity contribution in [1.29, 1.82) is 0 Å². The van der Waals surface area contributed by atoms with Gasteiger partial charge in [-0.25, -0.2) is 9.18 Å². The van der Waals surface area contributed by atoms with Crippen LogP contribution in [0, 0.1) is 5.82 Å². The first-order valence-corrected chi connectivity index (χ1v) is 6.53. The number of nitrogens with zero attached hydrogens (tertiary/aromatic N) is 1. The minimum absolute atomic E-state index is 0.261. The van der Waals surface area contributed by atoms with E-state index in [1.54, 1.807) is 12.1 Å². The molecule has 1 atom stereocenters. The van der Waals surface area contributed by atoms with E-state index in [0.29, 0.717) is 38.3 Å². The Morgan fingerprint density at radius 1 is 1.60 bits per heavy atom. The number of benzene rings is 1. The molecule has 1 aliphatic rings. The van der Waals surface area contributed by atoms with Gasteiger partial charge in [-0.1, -0.05) is 12.1 Å². The van der Waals surface area contributed by atoms with Crippen molar-refractivity contribution in [3.63, 3.8) is 0 Å². The Bertz CT molecular complexity index is 481. The van der Waals surface area contributed by atoms with E-state index in [1.165, 1.54) is 13.2 Å². The summed E-state index contributed by atoms with van der Waals surface area (Å²) in [5, 5.41) is 0. The summed E-state index contributed by atoms with van der Waals surface area (Å²) in [7, 11) is 1.33. The molecule has 5 nitrogen and oxygen atoms in total. The van der Waals surface area contributed by atoms with Gasteiger partial charge < -0.3 is 15.2 Å². The van der Waals surface area contributed by atoms with E-state index in [9.17, 15) is 9.18 Å². The fourth-order valence-electron chi connectivity index (χ4n) is 2.24. The van der Waals surface area contributed by atoms with E-state index in [0.717, 1.165) is 5.56 Å². The lowest BCUT2D eigenvalue weighted by molar-refractivity contribution is -0.160. The summed E-state index contributed by atoms with van der Waals surface area (Å²) in [5.74, 6) is -0.658. The zero-order valence-corrected chi connectivity index (χ0v) is 11.5. The first kappa shape index (κ1) is 14.9. The predicted molar refractivity (Wildman–Crippen MR) is 71.3 cm³/mol. The van der Waals surface area contributed by atoms with Crippen molar-refractivity contribution < 1.29 is 18.7 Å². The number of halogens is 1. The maximum absolute atomic E-state index is 13.8. The second-order valence-electron chi connectivity index (χ2n) is 4.75. The number of carbonyl (C=O) groups excluding carboxylic acids is 1. The molecule has 20 heavy (non-hydrogen) atoms. The van der Waals surface area contributed by atoms with Crippen molar-refractivity contribution in [2.45, 2.75) is 19.2 Å². The quantitative estimate of drug-likeness (QED) is 0.822. The van der Waals surface area contributed by atoms with E-state index < -0.39 is 12.1 Å². The zero-order chi connectivity index (χ0) is 14.5. The molecule has 1 heterocycles. The molecule has 0 aliphatic carbocycles.